The van der Waals surface area contributed by atoms with Crippen molar-refractivity contribution in [2.24, 2.45) is 0 Å². The lowest BCUT2D eigenvalue weighted by Gasteiger charge is -2.15. The first kappa shape index (κ1) is 11.3. The zero-order chi connectivity index (χ0) is 10.4. The van der Waals surface area contributed by atoms with Crippen molar-refractivity contribution >= 4 is 17.4 Å². The average Bonchev–Trinajstić information content (AvgIpc) is 2.17. The lowest BCUT2D eigenvalue weighted by atomic mass is 10.3. The SMILES string of the molecule is COCC(CCl)Nc1cc(C)ccn1. The van der Waals surface area contributed by atoms with Gasteiger partial charge in [0.05, 0.1) is 12.6 Å². The second-order valence-corrected chi connectivity index (χ2v) is 3.48. The number of hydrogen-bond acceptors (Lipinski definition) is 3. The fourth-order valence-corrected chi connectivity index (χ4v) is 1.32. The van der Waals surface area contributed by atoms with E-state index in [9.17, 15) is 0 Å². The number of alkyl halides is 1. The van der Waals surface area contributed by atoms with E-state index in [0.29, 0.717) is 12.5 Å². The van der Waals surface area contributed by atoms with Crippen molar-refractivity contribution in [1.82, 2.24) is 4.98 Å². The van der Waals surface area contributed by atoms with Gasteiger partial charge in [0.25, 0.3) is 0 Å². The van der Waals surface area contributed by atoms with Gasteiger partial charge in [0.15, 0.2) is 0 Å². The Labute approximate surface area is 89.4 Å². The molecular weight excluding hydrogens is 200 g/mol. The quantitative estimate of drug-likeness (QED) is 0.762. The Morgan fingerprint density at radius 2 is 2.43 bits per heavy atom. The van der Waals surface area contributed by atoms with Gasteiger partial charge in [-0.15, -0.1) is 11.6 Å². The number of anilines is 1. The molecule has 0 saturated carbocycles. The van der Waals surface area contributed by atoms with Gasteiger partial charge in [-0.25, -0.2) is 4.98 Å². The van der Waals surface area contributed by atoms with E-state index in [4.69, 9.17) is 16.3 Å². The van der Waals surface area contributed by atoms with E-state index in [1.807, 2.05) is 19.1 Å². The smallest absolute Gasteiger partial charge is 0.126 e. The molecule has 0 radical (unpaired) electrons. The number of aromatic nitrogens is 1. The monoisotopic (exact) mass is 214 g/mol. The highest BCUT2D eigenvalue weighted by Gasteiger charge is 2.06. The lowest BCUT2D eigenvalue weighted by molar-refractivity contribution is 0.191. The molecule has 1 aromatic heterocycles. The molecule has 0 aromatic carbocycles. The third-order valence-corrected chi connectivity index (χ3v) is 2.19. The first-order valence-corrected chi connectivity index (χ1v) is 5.04. The number of hydrogen-bond donors (Lipinski definition) is 1. The molecule has 1 heterocycles. The van der Waals surface area contributed by atoms with Crippen LogP contribution < -0.4 is 5.32 Å². The summed E-state index contributed by atoms with van der Waals surface area (Å²) >= 11 is 5.77. The minimum atomic E-state index is 0.107. The van der Waals surface area contributed by atoms with Gasteiger partial charge in [-0.05, 0) is 24.6 Å². The minimum Gasteiger partial charge on any atom is -0.383 e. The summed E-state index contributed by atoms with van der Waals surface area (Å²) in [7, 11) is 1.66. The van der Waals surface area contributed by atoms with Crippen molar-refractivity contribution in [3.8, 4) is 0 Å². The Kier molecular flexibility index (Phi) is 4.70. The maximum Gasteiger partial charge on any atom is 0.126 e. The topological polar surface area (TPSA) is 34.1 Å². The standard InChI is InChI=1S/C10H15ClN2O/c1-8-3-4-12-10(5-8)13-9(6-11)7-14-2/h3-5,9H,6-7H2,1-2H3,(H,12,13). The van der Waals surface area contributed by atoms with E-state index in [0.717, 1.165) is 5.82 Å². The Hall–Kier alpha value is -0.800. The van der Waals surface area contributed by atoms with Gasteiger partial charge in [-0.1, -0.05) is 0 Å². The molecule has 1 N–H and O–H groups in total. The summed E-state index contributed by atoms with van der Waals surface area (Å²) < 4.78 is 5.02. The molecule has 1 rings (SSSR count). The highest BCUT2D eigenvalue weighted by atomic mass is 35.5. The van der Waals surface area contributed by atoms with E-state index in [1.54, 1.807) is 13.3 Å². The molecular formula is C10H15ClN2O. The molecule has 14 heavy (non-hydrogen) atoms. The summed E-state index contributed by atoms with van der Waals surface area (Å²) in [6, 6.07) is 4.04. The van der Waals surface area contributed by atoms with Crippen molar-refractivity contribution in [1.29, 1.82) is 0 Å². The maximum absolute atomic E-state index is 5.77. The number of nitrogens with zero attached hydrogens (tertiary/aromatic N) is 1. The van der Waals surface area contributed by atoms with Crippen molar-refractivity contribution < 1.29 is 4.74 Å². The highest BCUT2D eigenvalue weighted by molar-refractivity contribution is 6.18. The molecule has 1 atom stereocenters. The number of ether oxygens (including phenoxy) is 1. The van der Waals surface area contributed by atoms with Crippen LogP contribution in [0.1, 0.15) is 5.56 Å². The first-order chi connectivity index (χ1) is 6.76. The number of methoxy groups -OCH3 is 1. The van der Waals surface area contributed by atoms with Crippen LogP contribution in [-0.4, -0.2) is 30.6 Å². The van der Waals surface area contributed by atoms with Crippen LogP contribution in [0, 0.1) is 6.92 Å². The molecule has 0 fully saturated rings. The van der Waals surface area contributed by atoms with Crippen molar-refractivity contribution in [3.63, 3.8) is 0 Å². The van der Waals surface area contributed by atoms with Crippen molar-refractivity contribution in [3.05, 3.63) is 23.9 Å². The first-order valence-electron chi connectivity index (χ1n) is 4.50. The van der Waals surface area contributed by atoms with E-state index in [1.165, 1.54) is 5.56 Å². The maximum atomic E-state index is 5.77. The van der Waals surface area contributed by atoms with Gasteiger partial charge in [0.2, 0.25) is 0 Å². The van der Waals surface area contributed by atoms with Gasteiger partial charge in [-0.3, -0.25) is 0 Å². The van der Waals surface area contributed by atoms with Crippen LogP contribution in [0.25, 0.3) is 0 Å². The fourth-order valence-electron chi connectivity index (χ4n) is 1.15. The van der Waals surface area contributed by atoms with Crippen molar-refractivity contribution in [2.75, 3.05) is 24.9 Å². The number of nitrogens with one attached hydrogen (secondary N) is 1. The van der Waals surface area contributed by atoms with Crippen LogP contribution in [0.5, 0.6) is 0 Å². The van der Waals surface area contributed by atoms with Crippen LogP contribution in [0.4, 0.5) is 5.82 Å². The molecule has 0 saturated heterocycles. The van der Waals surface area contributed by atoms with E-state index in [2.05, 4.69) is 10.3 Å². The third-order valence-electron chi connectivity index (χ3n) is 1.82. The van der Waals surface area contributed by atoms with Gasteiger partial charge >= 0.3 is 0 Å². The van der Waals surface area contributed by atoms with Crippen molar-refractivity contribution in [2.45, 2.75) is 13.0 Å². The molecule has 78 valence electrons. The van der Waals surface area contributed by atoms with Crippen LogP contribution >= 0.6 is 11.6 Å². The average molecular weight is 215 g/mol. The van der Waals surface area contributed by atoms with Crippen LogP contribution in [0.3, 0.4) is 0 Å². The van der Waals surface area contributed by atoms with Crippen LogP contribution in [0.2, 0.25) is 0 Å². The predicted molar refractivity (Wildman–Crippen MR) is 59.0 cm³/mol. The molecule has 1 aromatic rings. The zero-order valence-corrected chi connectivity index (χ0v) is 9.21. The molecule has 0 aliphatic carbocycles. The van der Waals surface area contributed by atoms with Gasteiger partial charge in [0.1, 0.15) is 5.82 Å². The summed E-state index contributed by atoms with van der Waals surface area (Å²) in [4.78, 5) is 4.18. The lowest BCUT2D eigenvalue weighted by Crippen LogP contribution is -2.27. The summed E-state index contributed by atoms with van der Waals surface area (Å²) in [6.45, 7) is 2.61. The number of rotatable bonds is 5. The zero-order valence-electron chi connectivity index (χ0n) is 8.46. The molecule has 0 aliphatic heterocycles. The fraction of sp³-hybridized carbons (Fsp3) is 0.500. The van der Waals surface area contributed by atoms with Gasteiger partial charge < -0.3 is 10.1 Å². The third kappa shape index (κ3) is 3.52. The molecule has 4 heteroatoms. The molecule has 0 bridgehead atoms. The predicted octanol–water partition coefficient (Wildman–Crippen LogP) is 2.06. The number of halogens is 1. The van der Waals surface area contributed by atoms with Crippen LogP contribution in [0.15, 0.2) is 18.3 Å². The molecule has 0 spiro atoms. The Bertz CT molecular complexity index is 281. The van der Waals surface area contributed by atoms with E-state index in [-0.39, 0.29) is 6.04 Å². The second-order valence-electron chi connectivity index (χ2n) is 3.17. The highest BCUT2D eigenvalue weighted by Crippen LogP contribution is 2.07. The Morgan fingerprint density at radius 1 is 1.64 bits per heavy atom. The van der Waals surface area contributed by atoms with E-state index < -0.39 is 0 Å². The van der Waals surface area contributed by atoms with Gasteiger partial charge in [-0.2, -0.15) is 0 Å². The van der Waals surface area contributed by atoms with Gasteiger partial charge in [0, 0.05) is 19.2 Å². The minimum absolute atomic E-state index is 0.107. The summed E-state index contributed by atoms with van der Waals surface area (Å²) in [6.07, 6.45) is 1.77. The number of aryl methyl sites for hydroxylation is 1. The summed E-state index contributed by atoms with van der Waals surface area (Å²) in [5.41, 5.74) is 1.17. The largest absolute Gasteiger partial charge is 0.383 e. The van der Waals surface area contributed by atoms with E-state index >= 15 is 0 Å². The molecule has 0 amide bonds. The molecule has 1 unspecified atom stereocenters. The molecule has 0 aliphatic rings. The normalized spacial score (nSPS) is 12.5. The summed E-state index contributed by atoms with van der Waals surface area (Å²) in [5, 5.41) is 3.20. The second kappa shape index (κ2) is 5.83. The Balaban J connectivity index is 2.57. The summed E-state index contributed by atoms with van der Waals surface area (Å²) in [5.74, 6) is 1.34. The number of pyridine rings is 1. The Morgan fingerprint density at radius 3 is 3.00 bits per heavy atom. The van der Waals surface area contributed by atoms with Crippen LogP contribution in [-0.2, 0) is 4.74 Å². The molecule has 3 nitrogen and oxygen atoms in total.